The van der Waals surface area contributed by atoms with Gasteiger partial charge in [-0.2, -0.15) is 0 Å². The Morgan fingerprint density at radius 2 is 1.31 bits per heavy atom. The van der Waals surface area contributed by atoms with E-state index in [1.807, 2.05) is 67.1 Å². The molecule has 0 radical (unpaired) electrons. The van der Waals surface area contributed by atoms with E-state index in [1.165, 1.54) is 0 Å². The lowest BCUT2D eigenvalue weighted by molar-refractivity contribution is 0.481. The quantitative estimate of drug-likeness (QED) is 0.186. The van der Waals surface area contributed by atoms with Gasteiger partial charge in [-0.15, -0.1) is 0 Å². The molecule has 8 rings (SSSR count). The van der Waals surface area contributed by atoms with Crippen LogP contribution in [0.1, 0.15) is 53.2 Å². The number of imidazole rings is 1. The van der Waals surface area contributed by atoms with Gasteiger partial charge in [-0.1, -0.05) is 84.0 Å². The summed E-state index contributed by atoms with van der Waals surface area (Å²) in [5.41, 5.74) is 5.12. The van der Waals surface area contributed by atoms with E-state index >= 15 is 0 Å². The summed E-state index contributed by atoms with van der Waals surface area (Å²) in [6.45, 7) is 12.8. The summed E-state index contributed by atoms with van der Waals surface area (Å²) in [6, 6.07) is 34.8. The number of benzene rings is 4. The molecule has 0 saturated carbocycles. The number of ether oxygens (including phenoxy) is 1. The fraction of sp³-hybridized carbons (Fsp3) is 0.195. The van der Waals surface area contributed by atoms with Crippen molar-refractivity contribution in [2.45, 2.75) is 52.4 Å². The minimum Gasteiger partial charge on any atom is -0.456 e. The maximum atomic E-state index is 6.89. The third kappa shape index (κ3) is 5.49. The van der Waals surface area contributed by atoms with Gasteiger partial charge in [0.1, 0.15) is 35.3 Å². The van der Waals surface area contributed by atoms with Crippen molar-refractivity contribution in [3.8, 4) is 34.4 Å². The van der Waals surface area contributed by atoms with Gasteiger partial charge in [0.05, 0.1) is 33.3 Å². The van der Waals surface area contributed by atoms with Crippen molar-refractivity contribution in [2.75, 3.05) is 0 Å². The van der Waals surface area contributed by atoms with Crippen LogP contribution >= 0.6 is 0 Å². The summed E-state index contributed by atoms with van der Waals surface area (Å²) >= 11 is 0. The molecule has 8 heteroatoms. The summed E-state index contributed by atoms with van der Waals surface area (Å²) in [5, 5.41) is 2.16. The molecule has 0 bridgehead atoms. The number of fused-ring (bicyclic) bond motifs is 4. The predicted molar refractivity (Wildman–Crippen MR) is 196 cm³/mol. The van der Waals surface area contributed by atoms with Crippen molar-refractivity contribution in [1.29, 1.82) is 0 Å². The van der Waals surface area contributed by atoms with Gasteiger partial charge in [0.2, 0.25) is 0 Å². The van der Waals surface area contributed by atoms with Crippen LogP contribution in [0.25, 0.3) is 55.7 Å². The number of aromatic nitrogens is 7. The summed E-state index contributed by atoms with van der Waals surface area (Å²) < 4.78 is 11.1. The van der Waals surface area contributed by atoms with Gasteiger partial charge in [0, 0.05) is 39.9 Å². The van der Waals surface area contributed by atoms with Crippen molar-refractivity contribution in [3.05, 3.63) is 127 Å². The second-order valence-electron chi connectivity index (χ2n) is 14.4. The Bertz CT molecular complexity index is 2470. The fourth-order valence-electron chi connectivity index (χ4n) is 6.14. The molecular formula is C41H37N7O. The molecule has 4 aromatic heterocycles. The molecule has 8 nitrogen and oxygen atoms in total. The first-order chi connectivity index (χ1) is 23.5. The average molecular weight is 644 g/mol. The molecule has 0 N–H and O–H groups in total. The Labute approximate surface area is 285 Å². The summed E-state index contributed by atoms with van der Waals surface area (Å²) in [4.78, 5) is 24.5. The average Bonchev–Trinajstić information content (AvgIpc) is 3.67. The Balaban J connectivity index is 1.38. The van der Waals surface area contributed by atoms with Crippen molar-refractivity contribution in [3.63, 3.8) is 0 Å². The first-order valence-corrected chi connectivity index (χ1v) is 16.5. The summed E-state index contributed by atoms with van der Waals surface area (Å²) in [5.74, 6) is 4.18. The molecule has 0 aliphatic carbocycles. The maximum absolute atomic E-state index is 6.89. The third-order valence-electron chi connectivity index (χ3n) is 8.65. The lowest BCUT2D eigenvalue weighted by Gasteiger charge is -2.23. The standard InChI is InChI=1S/C41H37N7O/c1-40(2,3)38-44-37(45-39(46-38)41(4,5)6)30-23-29-28-16-7-9-18-32(28)48(36-20-11-12-21-42-36)34(29)24-35(30)49-27-15-13-14-26(22-27)47-25-43-31-17-8-10-19-33(31)47/h7-25H,1-6H3. The third-order valence-corrected chi connectivity index (χ3v) is 8.65. The van der Waals surface area contributed by atoms with Gasteiger partial charge < -0.3 is 4.74 Å². The highest BCUT2D eigenvalue weighted by Crippen LogP contribution is 2.41. The van der Waals surface area contributed by atoms with Crippen molar-refractivity contribution < 1.29 is 4.74 Å². The highest BCUT2D eigenvalue weighted by Gasteiger charge is 2.27. The van der Waals surface area contributed by atoms with Crippen molar-refractivity contribution in [2.24, 2.45) is 0 Å². The SMILES string of the molecule is CC(C)(C)c1nc(-c2cc3c4ccccc4n(-c4ccccn4)c3cc2Oc2cccc(-n3cnc4ccccc43)c2)nc(C(C)(C)C)n1. The molecule has 0 saturated heterocycles. The fourth-order valence-corrected chi connectivity index (χ4v) is 6.14. The van der Waals surface area contributed by atoms with E-state index in [-0.39, 0.29) is 10.8 Å². The van der Waals surface area contributed by atoms with Gasteiger partial charge >= 0.3 is 0 Å². The molecule has 4 heterocycles. The van der Waals surface area contributed by atoms with Crippen molar-refractivity contribution >= 4 is 32.8 Å². The minimum atomic E-state index is -0.292. The summed E-state index contributed by atoms with van der Waals surface area (Å²) in [6.07, 6.45) is 3.67. The number of rotatable bonds is 5. The Kier molecular flexibility index (Phi) is 7.07. The van der Waals surface area contributed by atoms with Crippen LogP contribution in [0.2, 0.25) is 0 Å². The molecule has 0 atom stereocenters. The number of pyridine rings is 1. The first-order valence-electron chi connectivity index (χ1n) is 16.5. The van der Waals surface area contributed by atoms with Gasteiger partial charge in [0.25, 0.3) is 0 Å². The molecule has 8 aromatic rings. The molecule has 4 aromatic carbocycles. The lowest BCUT2D eigenvalue weighted by atomic mass is 9.93. The molecule has 49 heavy (non-hydrogen) atoms. The zero-order valence-corrected chi connectivity index (χ0v) is 28.5. The molecule has 0 fully saturated rings. The predicted octanol–water partition coefficient (Wildman–Crippen LogP) is 9.76. The molecule has 0 unspecified atom stereocenters. The van der Waals surface area contributed by atoms with Gasteiger partial charge in [0.15, 0.2) is 5.82 Å². The van der Waals surface area contributed by atoms with E-state index in [1.54, 1.807) is 0 Å². The Morgan fingerprint density at radius 1 is 0.592 bits per heavy atom. The highest BCUT2D eigenvalue weighted by molar-refractivity contribution is 6.11. The molecule has 0 amide bonds. The van der Waals surface area contributed by atoms with Crippen LogP contribution in [0.15, 0.2) is 116 Å². The number of para-hydroxylation sites is 3. The molecular weight excluding hydrogens is 606 g/mol. The second-order valence-corrected chi connectivity index (χ2v) is 14.4. The van der Waals surface area contributed by atoms with Crippen molar-refractivity contribution in [1.82, 2.24) is 34.1 Å². The normalized spacial score (nSPS) is 12.3. The topological polar surface area (TPSA) is 83.5 Å². The largest absolute Gasteiger partial charge is 0.456 e. The molecule has 0 aliphatic heterocycles. The number of nitrogens with zero attached hydrogens (tertiary/aromatic N) is 7. The highest BCUT2D eigenvalue weighted by atomic mass is 16.5. The van der Waals surface area contributed by atoms with E-state index < -0.39 is 0 Å². The minimum absolute atomic E-state index is 0.292. The Morgan fingerprint density at radius 3 is 2.04 bits per heavy atom. The summed E-state index contributed by atoms with van der Waals surface area (Å²) in [7, 11) is 0. The van der Waals surface area contributed by atoms with E-state index in [4.69, 9.17) is 24.7 Å². The van der Waals surface area contributed by atoms with Crippen LogP contribution in [0.3, 0.4) is 0 Å². The van der Waals surface area contributed by atoms with Crippen LogP contribution in [0.5, 0.6) is 11.5 Å². The van der Waals surface area contributed by atoms with Crippen LogP contribution < -0.4 is 4.74 Å². The van der Waals surface area contributed by atoms with E-state index in [9.17, 15) is 0 Å². The van der Waals surface area contributed by atoms with E-state index in [2.05, 4.69) is 104 Å². The Hall–Kier alpha value is -5.89. The zero-order chi connectivity index (χ0) is 33.9. The lowest BCUT2D eigenvalue weighted by Crippen LogP contribution is -2.24. The monoisotopic (exact) mass is 643 g/mol. The van der Waals surface area contributed by atoms with Gasteiger partial charge in [-0.25, -0.2) is 24.9 Å². The first kappa shape index (κ1) is 30.4. The van der Waals surface area contributed by atoms with Gasteiger partial charge in [-0.05, 0) is 48.5 Å². The van der Waals surface area contributed by atoms with E-state index in [0.29, 0.717) is 17.3 Å². The zero-order valence-electron chi connectivity index (χ0n) is 28.5. The molecule has 0 spiro atoms. The van der Waals surface area contributed by atoms with Crippen LogP contribution in [0.4, 0.5) is 0 Å². The molecule has 0 aliphatic rings. The van der Waals surface area contributed by atoms with Crippen LogP contribution in [0, 0.1) is 0 Å². The smallest absolute Gasteiger partial charge is 0.167 e. The van der Waals surface area contributed by atoms with Gasteiger partial charge in [-0.3, -0.25) is 9.13 Å². The second kappa shape index (κ2) is 11.4. The maximum Gasteiger partial charge on any atom is 0.167 e. The molecule has 242 valence electrons. The number of hydrogen-bond acceptors (Lipinski definition) is 6. The number of hydrogen-bond donors (Lipinski definition) is 0. The van der Waals surface area contributed by atoms with Crippen LogP contribution in [-0.4, -0.2) is 34.1 Å². The van der Waals surface area contributed by atoms with Crippen LogP contribution in [-0.2, 0) is 10.8 Å². The van der Waals surface area contributed by atoms with E-state index in [0.717, 1.165) is 61.6 Å².